The van der Waals surface area contributed by atoms with Crippen molar-refractivity contribution in [1.82, 2.24) is 15.5 Å². The molecule has 2 rings (SSSR count). The van der Waals surface area contributed by atoms with Crippen LogP contribution in [0.4, 0.5) is 4.79 Å². The molecule has 38 heavy (non-hydrogen) atoms. The second-order valence-corrected chi connectivity index (χ2v) is 10.6. The van der Waals surface area contributed by atoms with Gasteiger partial charge in [0.05, 0.1) is 6.42 Å². The van der Waals surface area contributed by atoms with E-state index in [1.54, 1.807) is 34.6 Å². The topological polar surface area (TPSA) is 131 Å². The number of amides is 4. The lowest BCUT2D eigenvalue weighted by atomic mass is 9.94. The van der Waals surface area contributed by atoms with Crippen molar-refractivity contribution in [3.63, 3.8) is 0 Å². The lowest BCUT2D eigenvalue weighted by Gasteiger charge is -2.37. The minimum absolute atomic E-state index is 0.266. The number of hydrogen-bond donors (Lipinski definition) is 3. The molecular weight excluding hydrogens is 484 g/mol. The van der Waals surface area contributed by atoms with Crippen LogP contribution in [0.3, 0.4) is 0 Å². The Morgan fingerprint density at radius 3 is 2.16 bits per heavy atom. The summed E-state index contributed by atoms with van der Waals surface area (Å²) in [7, 11) is 0. The molecule has 9 nitrogen and oxygen atoms in total. The summed E-state index contributed by atoms with van der Waals surface area (Å²) in [6, 6.07) is 12.2. The predicted octanol–water partition coefficient (Wildman–Crippen LogP) is 3.67. The molecule has 0 aliphatic rings. The van der Waals surface area contributed by atoms with Gasteiger partial charge in [0.1, 0.15) is 17.7 Å². The number of carbonyl (C=O) groups is 4. The summed E-state index contributed by atoms with van der Waals surface area (Å²) >= 11 is 0. The Balaban J connectivity index is 2.51. The van der Waals surface area contributed by atoms with E-state index in [4.69, 9.17) is 10.5 Å². The number of carbonyl (C=O) groups excluding carboxylic acids is 4. The van der Waals surface area contributed by atoms with E-state index in [0.717, 1.165) is 16.7 Å². The van der Waals surface area contributed by atoms with Crippen molar-refractivity contribution >= 4 is 23.8 Å². The van der Waals surface area contributed by atoms with Gasteiger partial charge in [-0.3, -0.25) is 14.4 Å². The summed E-state index contributed by atoms with van der Waals surface area (Å²) in [6.07, 6.45) is -1.32. The highest BCUT2D eigenvalue weighted by atomic mass is 16.6. The molecule has 0 aromatic heterocycles. The molecule has 2 atom stereocenters. The molecule has 9 heteroatoms. The number of nitrogens with two attached hydrogens (primary N) is 1. The van der Waals surface area contributed by atoms with Gasteiger partial charge in [0.25, 0.3) is 0 Å². The van der Waals surface area contributed by atoms with E-state index < -0.39 is 48.1 Å². The second kappa shape index (κ2) is 13.1. The molecule has 0 radical (unpaired) electrons. The molecule has 0 aliphatic heterocycles. The van der Waals surface area contributed by atoms with E-state index in [2.05, 4.69) is 10.6 Å². The highest BCUT2D eigenvalue weighted by Crippen LogP contribution is 2.29. The van der Waals surface area contributed by atoms with E-state index in [-0.39, 0.29) is 12.5 Å². The number of hydrogen-bond acceptors (Lipinski definition) is 5. The summed E-state index contributed by atoms with van der Waals surface area (Å²) in [5.41, 5.74) is 7.98. The van der Waals surface area contributed by atoms with E-state index in [0.29, 0.717) is 5.56 Å². The molecule has 2 aromatic rings. The Morgan fingerprint density at radius 1 is 0.974 bits per heavy atom. The molecule has 0 spiro atoms. The maximum Gasteiger partial charge on any atom is 0.408 e. The average Bonchev–Trinajstić information content (AvgIpc) is 2.81. The minimum atomic E-state index is -1.32. The predicted molar refractivity (Wildman–Crippen MR) is 146 cm³/mol. The van der Waals surface area contributed by atoms with Crippen molar-refractivity contribution in [3.8, 4) is 0 Å². The van der Waals surface area contributed by atoms with Gasteiger partial charge in [0.2, 0.25) is 17.7 Å². The van der Waals surface area contributed by atoms with Crippen molar-refractivity contribution in [2.24, 2.45) is 5.73 Å². The average molecular weight is 525 g/mol. The second-order valence-electron chi connectivity index (χ2n) is 10.6. The molecular formula is C29H40N4O5. The fourth-order valence-corrected chi connectivity index (χ4v) is 4.08. The highest BCUT2D eigenvalue weighted by Gasteiger charge is 2.39. The first-order valence-corrected chi connectivity index (χ1v) is 12.7. The first-order chi connectivity index (χ1) is 17.7. The van der Waals surface area contributed by atoms with Crippen LogP contribution >= 0.6 is 0 Å². The Bertz CT molecular complexity index is 1140. The molecule has 2 aromatic carbocycles. The molecule has 206 valence electrons. The van der Waals surface area contributed by atoms with Gasteiger partial charge in [-0.25, -0.2) is 4.79 Å². The summed E-state index contributed by atoms with van der Waals surface area (Å²) in [4.78, 5) is 53.6. The van der Waals surface area contributed by atoms with Gasteiger partial charge in [-0.2, -0.15) is 0 Å². The van der Waals surface area contributed by atoms with Crippen LogP contribution in [0.1, 0.15) is 69.3 Å². The molecule has 0 heterocycles. The molecule has 0 aliphatic carbocycles. The summed E-state index contributed by atoms with van der Waals surface area (Å²) in [5, 5.41) is 5.43. The lowest BCUT2D eigenvalue weighted by Crippen LogP contribution is -2.56. The molecule has 0 bridgehead atoms. The number of nitrogens with zero attached hydrogens (tertiary/aromatic N) is 1. The number of rotatable bonds is 10. The van der Waals surface area contributed by atoms with Crippen molar-refractivity contribution in [1.29, 1.82) is 0 Å². The van der Waals surface area contributed by atoms with Gasteiger partial charge >= 0.3 is 6.09 Å². The standard InChI is InChI=1S/C29H40N4O5/c1-18(2)33(27(36)23(16-24(30)34)32-28(37)38-29(5,6)7)25(22-15-11-12-19(3)20(22)4)26(35)31-17-21-13-9-8-10-14-21/h8-15,18,23,25H,16-17H2,1-7H3,(H2,30,34)(H,31,35)(H,32,37). The first-order valence-electron chi connectivity index (χ1n) is 12.7. The fraction of sp³-hybridized carbons (Fsp3) is 0.448. The quantitative estimate of drug-likeness (QED) is 0.437. The Kier molecular flexibility index (Phi) is 10.4. The number of nitrogens with one attached hydrogen (secondary N) is 2. The Labute approximate surface area is 225 Å². The third-order valence-corrected chi connectivity index (χ3v) is 5.98. The van der Waals surface area contributed by atoms with E-state index in [9.17, 15) is 19.2 Å². The van der Waals surface area contributed by atoms with Crippen molar-refractivity contribution in [3.05, 3.63) is 70.8 Å². The monoisotopic (exact) mass is 524 g/mol. The van der Waals surface area contributed by atoms with Crippen molar-refractivity contribution in [2.75, 3.05) is 0 Å². The zero-order valence-corrected chi connectivity index (χ0v) is 23.3. The number of aryl methyl sites for hydroxylation is 1. The molecule has 2 unspecified atom stereocenters. The zero-order valence-electron chi connectivity index (χ0n) is 23.3. The molecule has 0 fully saturated rings. The van der Waals surface area contributed by atoms with E-state index >= 15 is 0 Å². The molecule has 4 amide bonds. The number of benzene rings is 2. The van der Waals surface area contributed by atoms with Crippen LogP contribution in [0.25, 0.3) is 0 Å². The van der Waals surface area contributed by atoms with Gasteiger partial charge in [-0.15, -0.1) is 0 Å². The Morgan fingerprint density at radius 2 is 1.61 bits per heavy atom. The van der Waals surface area contributed by atoms with Crippen molar-refractivity contribution < 1.29 is 23.9 Å². The maximum absolute atomic E-state index is 14.0. The van der Waals surface area contributed by atoms with Gasteiger partial charge in [0.15, 0.2) is 0 Å². The van der Waals surface area contributed by atoms with Crippen LogP contribution in [-0.2, 0) is 25.7 Å². The van der Waals surface area contributed by atoms with Crippen LogP contribution in [-0.4, -0.2) is 46.4 Å². The smallest absolute Gasteiger partial charge is 0.408 e. The van der Waals surface area contributed by atoms with E-state index in [1.165, 1.54) is 4.90 Å². The first kappa shape index (κ1) is 30.3. The van der Waals surface area contributed by atoms with Crippen LogP contribution < -0.4 is 16.4 Å². The molecule has 4 N–H and O–H groups in total. The third kappa shape index (κ3) is 8.61. The highest BCUT2D eigenvalue weighted by molar-refractivity contribution is 5.94. The summed E-state index contributed by atoms with van der Waals surface area (Å²) < 4.78 is 5.30. The van der Waals surface area contributed by atoms with Crippen LogP contribution in [0.15, 0.2) is 48.5 Å². The number of alkyl carbamates (subject to hydrolysis) is 1. The van der Waals surface area contributed by atoms with Crippen LogP contribution in [0.2, 0.25) is 0 Å². The fourth-order valence-electron chi connectivity index (χ4n) is 4.08. The molecule has 0 saturated carbocycles. The lowest BCUT2D eigenvalue weighted by molar-refractivity contribution is -0.145. The van der Waals surface area contributed by atoms with Crippen LogP contribution in [0.5, 0.6) is 0 Å². The third-order valence-electron chi connectivity index (χ3n) is 5.98. The normalized spacial score (nSPS) is 12.8. The van der Waals surface area contributed by atoms with Crippen molar-refractivity contribution in [2.45, 2.75) is 85.2 Å². The SMILES string of the molecule is Cc1cccc(C(C(=O)NCc2ccccc2)N(C(=O)C(CC(N)=O)NC(=O)OC(C)(C)C)C(C)C)c1C. The molecule has 0 saturated heterocycles. The van der Waals surface area contributed by atoms with Gasteiger partial charge in [0, 0.05) is 12.6 Å². The summed E-state index contributed by atoms with van der Waals surface area (Å²) in [6.45, 7) is 12.7. The zero-order chi connectivity index (χ0) is 28.6. The van der Waals surface area contributed by atoms with Gasteiger partial charge in [-0.1, -0.05) is 48.5 Å². The van der Waals surface area contributed by atoms with Crippen LogP contribution in [0, 0.1) is 13.8 Å². The van der Waals surface area contributed by atoms with Gasteiger partial charge < -0.3 is 26.0 Å². The number of primary amides is 1. The van der Waals surface area contributed by atoms with Gasteiger partial charge in [-0.05, 0) is 70.7 Å². The summed E-state index contributed by atoms with van der Waals surface area (Å²) in [5.74, 6) is -1.79. The number of ether oxygens (including phenoxy) is 1. The van der Waals surface area contributed by atoms with E-state index in [1.807, 2.05) is 62.4 Å². The maximum atomic E-state index is 14.0. The largest absolute Gasteiger partial charge is 0.444 e. The Hall–Kier alpha value is -3.88. The minimum Gasteiger partial charge on any atom is -0.444 e.